The van der Waals surface area contributed by atoms with Crippen molar-refractivity contribution in [1.29, 1.82) is 0 Å². The SMILES string of the molecule is Cc1cc(C)n(C(C)C(=O)Nc2ccc(NS(=O)(=O)c3ccc(Cl)cc3C)cc2Cl)n1. The average molecular weight is 481 g/mol. The molecular formula is C21H22Cl2N4O3S. The number of hydrogen-bond donors (Lipinski definition) is 2. The Hall–Kier alpha value is -2.55. The highest BCUT2D eigenvalue weighted by atomic mass is 35.5. The number of nitrogens with zero attached hydrogens (tertiary/aromatic N) is 2. The van der Waals surface area contributed by atoms with Gasteiger partial charge in [0.25, 0.3) is 10.0 Å². The summed E-state index contributed by atoms with van der Waals surface area (Å²) in [4.78, 5) is 12.8. The summed E-state index contributed by atoms with van der Waals surface area (Å²) in [5, 5.41) is 7.74. The number of carbonyl (C=O) groups excluding carboxylic acids is 1. The van der Waals surface area contributed by atoms with Gasteiger partial charge >= 0.3 is 0 Å². The average Bonchev–Trinajstić information content (AvgIpc) is 3.00. The van der Waals surface area contributed by atoms with Gasteiger partial charge in [-0.05, 0) is 75.7 Å². The first-order valence-corrected chi connectivity index (χ1v) is 11.6. The van der Waals surface area contributed by atoms with E-state index in [2.05, 4.69) is 15.1 Å². The maximum atomic E-state index is 12.7. The first-order chi connectivity index (χ1) is 14.5. The molecule has 10 heteroatoms. The fourth-order valence-corrected chi connectivity index (χ4v) is 4.92. The number of sulfonamides is 1. The van der Waals surface area contributed by atoms with Crippen LogP contribution in [0.4, 0.5) is 11.4 Å². The molecule has 164 valence electrons. The van der Waals surface area contributed by atoms with Crippen molar-refractivity contribution in [1.82, 2.24) is 9.78 Å². The Labute approximate surface area is 191 Å². The molecule has 1 aromatic heterocycles. The van der Waals surface area contributed by atoms with Gasteiger partial charge in [0.15, 0.2) is 0 Å². The van der Waals surface area contributed by atoms with Crippen molar-refractivity contribution in [2.45, 2.75) is 38.6 Å². The molecule has 1 amide bonds. The Kier molecular flexibility index (Phi) is 6.64. The Morgan fingerprint density at radius 3 is 2.35 bits per heavy atom. The predicted octanol–water partition coefficient (Wildman–Crippen LogP) is 5.12. The first-order valence-electron chi connectivity index (χ1n) is 9.40. The summed E-state index contributed by atoms with van der Waals surface area (Å²) in [7, 11) is -3.83. The van der Waals surface area contributed by atoms with Gasteiger partial charge in [-0.15, -0.1) is 0 Å². The van der Waals surface area contributed by atoms with E-state index in [1.807, 2.05) is 19.9 Å². The minimum absolute atomic E-state index is 0.115. The van der Waals surface area contributed by atoms with Crippen LogP contribution in [0.1, 0.15) is 29.9 Å². The van der Waals surface area contributed by atoms with Crippen molar-refractivity contribution in [3.8, 4) is 0 Å². The van der Waals surface area contributed by atoms with Gasteiger partial charge in [0.2, 0.25) is 5.91 Å². The van der Waals surface area contributed by atoms with E-state index in [0.717, 1.165) is 11.4 Å². The minimum atomic E-state index is -3.83. The number of carbonyl (C=O) groups is 1. The molecular weight excluding hydrogens is 459 g/mol. The number of benzene rings is 2. The van der Waals surface area contributed by atoms with Gasteiger partial charge in [0, 0.05) is 10.7 Å². The molecule has 0 radical (unpaired) electrons. The van der Waals surface area contributed by atoms with Crippen molar-refractivity contribution >= 4 is 50.5 Å². The Balaban J connectivity index is 1.77. The molecule has 31 heavy (non-hydrogen) atoms. The van der Waals surface area contributed by atoms with Crippen LogP contribution in [-0.4, -0.2) is 24.1 Å². The van der Waals surface area contributed by atoms with E-state index in [4.69, 9.17) is 23.2 Å². The Morgan fingerprint density at radius 1 is 1.06 bits per heavy atom. The summed E-state index contributed by atoms with van der Waals surface area (Å²) in [6.45, 7) is 7.13. The zero-order valence-corrected chi connectivity index (χ0v) is 19.7. The number of anilines is 2. The summed E-state index contributed by atoms with van der Waals surface area (Å²) >= 11 is 12.2. The fraction of sp³-hybridized carbons (Fsp3) is 0.238. The molecule has 0 fully saturated rings. The second-order valence-electron chi connectivity index (χ2n) is 7.25. The Morgan fingerprint density at radius 2 is 1.77 bits per heavy atom. The molecule has 0 aliphatic heterocycles. The lowest BCUT2D eigenvalue weighted by atomic mass is 10.2. The van der Waals surface area contributed by atoms with Crippen LogP contribution in [0.25, 0.3) is 0 Å². The molecule has 0 aliphatic carbocycles. The molecule has 2 N–H and O–H groups in total. The van der Waals surface area contributed by atoms with Crippen molar-refractivity contribution in [2.24, 2.45) is 0 Å². The van der Waals surface area contributed by atoms with Crippen LogP contribution in [0.5, 0.6) is 0 Å². The molecule has 2 aromatic carbocycles. The summed E-state index contributed by atoms with van der Waals surface area (Å²) in [5.41, 5.74) is 2.85. The monoisotopic (exact) mass is 480 g/mol. The van der Waals surface area contributed by atoms with Crippen LogP contribution in [0.3, 0.4) is 0 Å². The molecule has 7 nitrogen and oxygen atoms in total. The van der Waals surface area contributed by atoms with Gasteiger partial charge in [-0.1, -0.05) is 23.2 Å². The lowest BCUT2D eigenvalue weighted by Crippen LogP contribution is -2.25. The quantitative estimate of drug-likeness (QED) is 0.512. The van der Waals surface area contributed by atoms with Crippen molar-refractivity contribution in [3.05, 3.63) is 69.5 Å². The van der Waals surface area contributed by atoms with Gasteiger partial charge < -0.3 is 5.32 Å². The third-order valence-electron chi connectivity index (χ3n) is 4.70. The largest absolute Gasteiger partial charge is 0.323 e. The van der Waals surface area contributed by atoms with E-state index in [9.17, 15) is 13.2 Å². The molecule has 0 saturated heterocycles. The normalized spacial score (nSPS) is 12.5. The molecule has 0 saturated carbocycles. The van der Waals surface area contributed by atoms with Crippen LogP contribution < -0.4 is 10.0 Å². The second kappa shape index (κ2) is 8.90. The minimum Gasteiger partial charge on any atom is -0.323 e. The molecule has 3 aromatic rings. The highest BCUT2D eigenvalue weighted by Crippen LogP contribution is 2.29. The van der Waals surface area contributed by atoms with Gasteiger partial charge in [-0.25, -0.2) is 8.42 Å². The number of halogens is 2. The highest BCUT2D eigenvalue weighted by molar-refractivity contribution is 7.92. The zero-order chi connectivity index (χ0) is 22.9. The maximum Gasteiger partial charge on any atom is 0.262 e. The molecule has 1 atom stereocenters. The topological polar surface area (TPSA) is 93.1 Å². The second-order valence-corrected chi connectivity index (χ2v) is 9.74. The first kappa shape index (κ1) is 23.1. The van der Waals surface area contributed by atoms with Gasteiger partial charge in [0.05, 0.1) is 27.0 Å². The van der Waals surface area contributed by atoms with E-state index in [0.29, 0.717) is 16.3 Å². The Bertz CT molecular complexity index is 1260. The lowest BCUT2D eigenvalue weighted by molar-refractivity contribution is -0.119. The summed E-state index contributed by atoms with van der Waals surface area (Å²) in [6.07, 6.45) is 0. The van der Waals surface area contributed by atoms with Crippen molar-refractivity contribution < 1.29 is 13.2 Å². The van der Waals surface area contributed by atoms with Crippen LogP contribution in [0.2, 0.25) is 10.0 Å². The van der Waals surface area contributed by atoms with E-state index < -0.39 is 16.1 Å². The smallest absolute Gasteiger partial charge is 0.262 e. The third kappa shape index (κ3) is 5.20. The van der Waals surface area contributed by atoms with Crippen LogP contribution >= 0.6 is 23.2 Å². The molecule has 3 rings (SSSR count). The van der Waals surface area contributed by atoms with Gasteiger partial charge in [-0.3, -0.25) is 14.2 Å². The summed E-state index contributed by atoms with van der Waals surface area (Å²) in [5.74, 6) is -0.293. The summed E-state index contributed by atoms with van der Waals surface area (Å²) < 4.78 is 29.5. The molecule has 1 unspecified atom stereocenters. The van der Waals surface area contributed by atoms with E-state index in [1.165, 1.54) is 24.3 Å². The number of nitrogens with one attached hydrogen (secondary N) is 2. The number of hydrogen-bond acceptors (Lipinski definition) is 4. The van der Waals surface area contributed by atoms with Crippen LogP contribution in [0, 0.1) is 20.8 Å². The number of amides is 1. The third-order valence-corrected chi connectivity index (χ3v) is 6.79. The van der Waals surface area contributed by atoms with Crippen LogP contribution in [-0.2, 0) is 14.8 Å². The number of aromatic nitrogens is 2. The predicted molar refractivity (Wildman–Crippen MR) is 123 cm³/mol. The zero-order valence-electron chi connectivity index (χ0n) is 17.4. The van der Waals surface area contributed by atoms with E-state index in [1.54, 1.807) is 30.7 Å². The summed E-state index contributed by atoms with van der Waals surface area (Å²) in [6, 6.07) is 10.4. The molecule has 0 spiro atoms. The standard InChI is InChI=1S/C21H22Cl2N4O3S/c1-12-9-16(22)5-8-20(12)31(29,30)26-17-6-7-19(18(23)11-17)24-21(28)15(4)27-14(3)10-13(2)25-27/h5-11,15,26H,1-4H3,(H,24,28). The van der Waals surface area contributed by atoms with Crippen LogP contribution in [0.15, 0.2) is 47.4 Å². The maximum absolute atomic E-state index is 12.7. The van der Waals surface area contributed by atoms with Crippen molar-refractivity contribution in [2.75, 3.05) is 10.0 Å². The van der Waals surface area contributed by atoms with Crippen molar-refractivity contribution in [3.63, 3.8) is 0 Å². The lowest BCUT2D eigenvalue weighted by Gasteiger charge is -2.16. The fourth-order valence-electron chi connectivity index (χ4n) is 3.19. The number of rotatable bonds is 6. The highest BCUT2D eigenvalue weighted by Gasteiger charge is 2.20. The van der Waals surface area contributed by atoms with E-state index in [-0.39, 0.29) is 21.5 Å². The van der Waals surface area contributed by atoms with E-state index >= 15 is 0 Å². The molecule has 0 bridgehead atoms. The number of aryl methyl sites for hydroxylation is 3. The van der Waals surface area contributed by atoms with Gasteiger partial charge in [-0.2, -0.15) is 5.10 Å². The molecule has 0 aliphatic rings. The van der Waals surface area contributed by atoms with Gasteiger partial charge in [0.1, 0.15) is 6.04 Å². The molecule has 1 heterocycles.